The Morgan fingerprint density at radius 1 is 0.722 bits per heavy atom. The van der Waals surface area contributed by atoms with Crippen LogP contribution in [0, 0.1) is 15.5 Å². The highest BCUT2D eigenvalue weighted by atomic mass is 16.6. The third-order valence-electron chi connectivity index (χ3n) is 9.71. The number of nitro groups is 1. The summed E-state index contributed by atoms with van der Waals surface area (Å²) in [5, 5.41) is 18.0. The maximum atomic E-state index is 15.1. The first-order valence-electron chi connectivity index (χ1n) is 17.4. The van der Waals surface area contributed by atoms with Crippen LogP contribution in [0.15, 0.2) is 121 Å². The Labute approximate surface area is 310 Å². The molecule has 1 saturated heterocycles. The first kappa shape index (κ1) is 37.4. The van der Waals surface area contributed by atoms with Crippen molar-refractivity contribution in [2.45, 2.75) is 45.1 Å². The van der Waals surface area contributed by atoms with Crippen molar-refractivity contribution in [1.29, 1.82) is 0 Å². The van der Waals surface area contributed by atoms with Gasteiger partial charge in [0, 0.05) is 17.7 Å². The number of nitro benzene ring substituents is 1. The molecule has 1 aliphatic rings. The van der Waals surface area contributed by atoms with Gasteiger partial charge < -0.3 is 18.9 Å². The van der Waals surface area contributed by atoms with Gasteiger partial charge in [-0.1, -0.05) is 97.6 Å². The Bertz CT molecular complexity index is 2180. The molecule has 1 aliphatic heterocycles. The fourth-order valence-corrected chi connectivity index (χ4v) is 7.09. The number of nitrogens with zero attached hydrogens (tertiary/aromatic N) is 1. The van der Waals surface area contributed by atoms with Gasteiger partial charge in [0.05, 0.1) is 30.6 Å². The molecule has 0 aliphatic carbocycles. The van der Waals surface area contributed by atoms with Crippen LogP contribution in [0.2, 0.25) is 0 Å². The molecule has 1 heterocycles. The average Bonchev–Trinajstić information content (AvgIpc) is 3.45. The first-order chi connectivity index (χ1) is 26.1. The molecule has 2 unspecified atom stereocenters. The second-order valence-electron chi connectivity index (χ2n) is 12.8. The Morgan fingerprint density at radius 3 is 1.83 bits per heavy atom. The number of hydrogen-bond acceptors (Lipinski definition) is 11. The molecule has 1 fully saturated rings. The third kappa shape index (κ3) is 6.79. The number of benzene rings is 5. The van der Waals surface area contributed by atoms with Crippen molar-refractivity contribution in [3.05, 3.63) is 148 Å². The van der Waals surface area contributed by atoms with Crippen molar-refractivity contribution in [1.82, 2.24) is 5.32 Å². The number of hydrogen-bond donors (Lipinski definition) is 1. The number of esters is 4. The van der Waals surface area contributed by atoms with Gasteiger partial charge >= 0.3 is 23.9 Å². The highest BCUT2D eigenvalue weighted by Crippen LogP contribution is 2.55. The van der Waals surface area contributed by atoms with E-state index in [2.05, 4.69) is 11.9 Å². The Balaban J connectivity index is 1.51. The second kappa shape index (κ2) is 15.7. The minimum atomic E-state index is -2.50. The monoisotopic (exact) mass is 730 g/mol. The van der Waals surface area contributed by atoms with Gasteiger partial charge in [0.1, 0.15) is 18.6 Å². The maximum absolute atomic E-state index is 15.1. The molecule has 0 radical (unpaired) electrons. The molecule has 0 aromatic heterocycles. The Morgan fingerprint density at radius 2 is 1.28 bits per heavy atom. The van der Waals surface area contributed by atoms with Crippen molar-refractivity contribution in [2.75, 3.05) is 13.2 Å². The van der Waals surface area contributed by atoms with Gasteiger partial charge in [0.15, 0.2) is 0 Å². The number of nitrogens with one attached hydrogen (secondary N) is 1. The Kier molecular flexibility index (Phi) is 10.9. The normalized spacial score (nSPS) is 17.5. The standard InChI is InChI=1S/C42H38N2O10/c1-4-51-39(47)42(40(48)52-5-2)27(3)41(24-36(45)53-25-28-13-7-6-8-14-28,37(43-42)29-19-21-32(22-20-29)44(49)50)38(46)54-26-35-33-17-11-9-15-30(33)23-31-16-10-12-18-34(31)35/h6-23,37,43H,3-5,24-26H2,1-2H3. The summed E-state index contributed by atoms with van der Waals surface area (Å²) in [7, 11) is 0. The van der Waals surface area contributed by atoms with E-state index in [9.17, 15) is 24.5 Å². The van der Waals surface area contributed by atoms with Crippen LogP contribution in [0.3, 0.4) is 0 Å². The highest BCUT2D eigenvalue weighted by molar-refractivity contribution is 6.12. The van der Waals surface area contributed by atoms with Gasteiger partial charge in [-0.3, -0.25) is 25.0 Å². The van der Waals surface area contributed by atoms with Gasteiger partial charge in [-0.25, -0.2) is 9.59 Å². The van der Waals surface area contributed by atoms with Crippen molar-refractivity contribution in [2.24, 2.45) is 5.41 Å². The zero-order chi connectivity index (χ0) is 38.5. The fourth-order valence-electron chi connectivity index (χ4n) is 7.09. The van der Waals surface area contributed by atoms with Crippen molar-refractivity contribution >= 4 is 51.1 Å². The van der Waals surface area contributed by atoms with Crippen LogP contribution in [-0.2, 0) is 51.3 Å². The predicted molar refractivity (Wildman–Crippen MR) is 199 cm³/mol. The number of ether oxygens (including phenoxy) is 4. The van der Waals surface area contributed by atoms with E-state index in [4.69, 9.17) is 18.9 Å². The van der Waals surface area contributed by atoms with E-state index in [0.717, 1.165) is 21.5 Å². The van der Waals surface area contributed by atoms with Gasteiger partial charge in [-0.2, -0.15) is 0 Å². The van der Waals surface area contributed by atoms with E-state index in [-0.39, 0.29) is 43.3 Å². The topological polar surface area (TPSA) is 160 Å². The van der Waals surface area contributed by atoms with Crippen molar-refractivity contribution in [3.63, 3.8) is 0 Å². The largest absolute Gasteiger partial charge is 0.464 e. The van der Waals surface area contributed by atoms with Crippen LogP contribution in [0.25, 0.3) is 21.5 Å². The smallest absolute Gasteiger partial charge is 0.342 e. The SMILES string of the molecule is C=C1C(C(=O)OCC)(C(=O)OCC)NC(c2ccc([N+](=O)[O-])cc2)C1(CC(=O)OCc1ccccc1)C(=O)OCc1c2ccccc2cc2ccccc12. The molecule has 276 valence electrons. The highest BCUT2D eigenvalue weighted by Gasteiger charge is 2.70. The zero-order valence-electron chi connectivity index (χ0n) is 29.7. The fraction of sp³-hybridized carbons (Fsp3) is 0.238. The molecule has 0 saturated carbocycles. The van der Waals surface area contributed by atoms with Crippen LogP contribution in [0.4, 0.5) is 5.69 Å². The summed E-state index contributed by atoms with van der Waals surface area (Å²) < 4.78 is 22.6. The Hall–Kier alpha value is -6.40. The summed E-state index contributed by atoms with van der Waals surface area (Å²) in [6.07, 6.45) is -0.747. The average molecular weight is 731 g/mol. The molecule has 54 heavy (non-hydrogen) atoms. The summed E-state index contributed by atoms with van der Waals surface area (Å²) in [5.74, 6) is -4.11. The molecule has 0 bridgehead atoms. The second-order valence-corrected chi connectivity index (χ2v) is 12.8. The van der Waals surface area contributed by atoms with Crippen LogP contribution in [0.5, 0.6) is 0 Å². The minimum absolute atomic E-state index is 0.143. The van der Waals surface area contributed by atoms with Gasteiger partial charge in [0.2, 0.25) is 5.54 Å². The van der Waals surface area contributed by atoms with E-state index < -0.39 is 52.2 Å². The first-order valence-corrected chi connectivity index (χ1v) is 17.4. The molecular weight excluding hydrogens is 692 g/mol. The van der Waals surface area contributed by atoms with Crippen LogP contribution < -0.4 is 5.32 Å². The molecule has 12 heteroatoms. The van der Waals surface area contributed by atoms with Gasteiger partial charge in [-0.05, 0) is 58.2 Å². The van der Waals surface area contributed by atoms with Gasteiger partial charge in [0.25, 0.3) is 5.69 Å². The van der Waals surface area contributed by atoms with Crippen molar-refractivity contribution < 1.29 is 43.0 Å². The molecule has 5 aromatic carbocycles. The number of carbonyl (C=O) groups excluding carboxylic acids is 4. The number of fused-ring (bicyclic) bond motifs is 2. The minimum Gasteiger partial charge on any atom is -0.464 e. The lowest BCUT2D eigenvalue weighted by molar-refractivity contribution is -0.384. The molecular formula is C42H38N2O10. The van der Waals surface area contributed by atoms with E-state index in [1.165, 1.54) is 24.3 Å². The lowest BCUT2D eigenvalue weighted by atomic mass is 9.68. The molecule has 12 nitrogen and oxygen atoms in total. The van der Waals surface area contributed by atoms with Gasteiger partial charge in [-0.15, -0.1) is 0 Å². The number of carbonyl (C=O) groups is 4. The lowest BCUT2D eigenvalue weighted by Crippen LogP contribution is -2.57. The zero-order valence-corrected chi connectivity index (χ0v) is 29.7. The van der Waals surface area contributed by atoms with Crippen molar-refractivity contribution in [3.8, 4) is 0 Å². The van der Waals surface area contributed by atoms with E-state index >= 15 is 4.79 Å². The number of non-ortho nitro benzene ring substituents is 1. The molecule has 0 amide bonds. The summed E-state index contributed by atoms with van der Waals surface area (Å²) in [6, 6.07) is 29.9. The predicted octanol–water partition coefficient (Wildman–Crippen LogP) is 6.83. The molecule has 2 atom stereocenters. The third-order valence-corrected chi connectivity index (χ3v) is 9.71. The van der Waals surface area contributed by atoms with E-state index in [1.807, 2.05) is 60.7 Å². The van der Waals surface area contributed by atoms with Crippen LogP contribution in [-0.4, -0.2) is 47.6 Å². The molecule has 0 spiro atoms. The van der Waals surface area contributed by atoms with E-state index in [1.54, 1.807) is 38.1 Å². The molecule has 5 aromatic rings. The number of rotatable bonds is 13. The quantitative estimate of drug-likeness (QED) is 0.0257. The molecule has 1 N–H and O–H groups in total. The van der Waals surface area contributed by atoms with Crippen LogP contribution >= 0.6 is 0 Å². The van der Waals surface area contributed by atoms with E-state index in [0.29, 0.717) is 11.1 Å². The lowest BCUT2D eigenvalue weighted by Gasteiger charge is -2.33. The summed E-state index contributed by atoms with van der Waals surface area (Å²) in [6.45, 7) is 6.52. The summed E-state index contributed by atoms with van der Waals surface area (Å²) >= 11 is 0. The maximum Gasteiger partial charge on any atom is 0.342 e. The summed E-state index contributed by atoms with van der Waals surface area (Å²) in [5.41, 5.74) is -3.76. The molecule has 6 rings (SSSR count). The van der Waals surface area contributed by atoms with Crippen LogP contribution in [0.1, 0.15) is 43.0 Å². The summed E-state index contributed by atoms with van der Waals surface area (Å²) in [4.78, 5) is 68.0.